The maximum atomic E-state index is 6.68. The summed E-state index contributed by atoms with van der Waals surface area (Å²) >= 11 is 13.4. The van der Waals surface area contributed by atoms with E-state index in [9.17, 15) is 0 Å². The van der Waals surface area contributed by atoms with E-state index in [1.165, 1.54) is 25.7 Å². The van der Waals surface area contributed by atoms with Gasteiger partial charge in [-0.05, 0) is 25.0 Å². The van der Waals surface area contributed by atoms with Crippen molar-refractivity contribution < 1.29 is 9.47 Å². The number of anilines is 2. The molecule has 1 spiro atoms. The fourth-order valence-electron chi connectivity index (χ4n) is 4.98. The Hall–Kier alpha value is -2.44. The lowest BCUT2D eigenvalue weighted by Crippen LogP contribution is -2.55. The minimum absolute atomic E-state index is 0.394. The summed E-state index contributed by atoms with van der Waals surface area (Å²) in [4.78, 5) is 11.6. The highest BCUT2D eigenvalue weighted by Crippen LogP contribution is 2.50. The molecule has 1 aliphatic carbocycles. The number of methoxy groups -OCH3 is 2. The van der Waals surface area contributed by atoms with Gasteiger partial charge in [0.1, 0.15) is 23.1 Å². The zero-order valence-corrected chi connectivity index (χ0v) is 19.1. The van der Waals surface area contributed by atoms with Crippen LogP contribution in [0.3, 0.4) is 0 Å². The van der Waals surface area contributed by atoms with Gasteiger partial charge in [0.15, 0.2) is 0 Å². The highest BCUT2D eigenvalue weighted by Gasteiger charge is 2.45. The number of hydrogen-bond donors (Lipinski definition) is 1. The number of nitrogen functional groups attached to an aromatic ring is 1. The molecule has 2 fully saturated rings. The molecule has 1 saturated carbocycles. The van der Waals surface area contributed by atoms with Crippen LogP contribution in [-0.4, -0.2) is 37.3 Å². The average Bonchev–Trinajstić information content (AvgIpc) is 3.23. The Labute approximate surface area is 191 Å². The standard InChI is InChI=1S/C23H24Cl2N4O2/c1-30-16-9-17(31-2)21(25)19(20(16)24)15-7-13-10-27-18(26)8-14(13)22(28-15)29-11-23(12-29)5-3-4-6-23/h7-10H,3-6,11-12H2,1-2H3,(H2,26,27). The molecular weight excluding hydrogens is 435 g/mol. The molecule has 2 aromatic heterocycles. The monoisotopic (exact) mass is 458 g/mol. The normalized spacial score (nSPS) is 17.2. The van der Waals surface area contributed by atoms with Gasteiger partial charge in [-0.1, -0.05) is 36.0 Å². The molecule has 31 heavy (non-hydrogen) atoms. The van der Waals surface area contributed by atoms with Crippen LogP contribution in [0.1, 0.15) is 25.7 Å². The molecule has 0 atom stereocenters. The fraction of sp³-hybridized carbons (Fsp3) is 0.391. The summed E-state index contributed by atoms with van der Waals surface area (Å²) in [5.41, 5.74) is 7.66. The molecule has 3 aromatic rings. The molecule has 0 unspecified atom stereocenters. The van der Waals surface area contributed by atoms with E-state index in [-0.39, 0.29) is 0 Å². The molecule has 2 aliphatic rings. The first-order valence-corrected chi connectivity index (χ1v) is 11.1. The maximum Gasteiger partial charge on any atom is 0.141 e. The molecule has 8 heteroatoms. The molecule has 1 aromatic carbocycles. The van der Waals surface area contributed by atoms with Crippen LogP contribution in [0.4, 0.5) is 11.6 Å². The quantitative estimate of drug-likeness (QED) is 0.549. The van der Waals surface area contributed by atoms with Crippen molar-refractivity contribution in [2.45, 2.75) is 25.7 Å². The molecule has 3 heterocycles. The van der Waals surface area contributed by atoms with Crippen LogP contribution in [0.15, 0.2) is 24.4 Å². The van der Waals surface area contributed by atoms with E-state index in [0.29, 0.717) is 44.0 Å². The van der Waals surface area contributed by atoms with Gasteiger partial charge in [0.05, 0.1) is 30.0 Å². The van der Waals surface area contributed by atoms with E-state index in [1.807, 2.05) is 12.1 Å². The summed E-state index contributed by atoms with van der Waals surface area (Å²) in [5.74, 6) is 2.31. The molecule has 0 bridgehead atoms. The summed E-state index contributed by atoms with van der Waals surface area (Å²) < 4.78 is 10.9. The van der Waals surface area contributed by atoms with Crippen molar-refractivity contribution in [1.29, 1.82) is 0 Å². The number of hydrogen-bond acceptors (Lipinski definition) is 6. The van der Waals surface area contributed by atoms with Crippen LogP contribution in [0.5, 0.6) is 11.5 Å². The average molecular weight is 459 g/mol. The van der Waals surface area contributed by atoms with E-state index in [0.717, 1.165) is 29.7 Å². The van der Waals surface area contributed by atoms with Crippen molar-refractivity contribution in [3.8, 4) is 22.8 Å². The van der Waals surface area contributed by atoms with Crippen molar-refractivity contribution >= 4 is 45.6 Å². The lowest BCUT2D eigenvalue weighted by atomic mass is 9.78. The van der Waals surface area contributed by atoms with Crippen LogP contribution in [0, 0.1) is 5.41 Å². The van der Waals surface area contributed by atoms with Crippen LogP contribution in [-0.2, 0) is 0 Å². The highest BCUT2D eigenvalue weighted by molar-refractivity contribution is 6.41. The second-order valence-corrected chi connectivity index (χ2v) is 9.26. The number of benzene rings is 1. The Balaban J connectivity index is 1.69. The second kappa shape index (κ2) is 7.61. The van der Waals surface area contributed by atoms with Gasteiger partial charge < -0.3 is 20.1 Å². The maximum absolute atomic E-state index is 6.68. The second-order valence-electron chi connectivity index (χ2n) is 8.51. The number of aromatic nitrogens is 2. The predicted octanol–water partition coefficient (Wildman–Crippen LogP) is 5.58. The fourth-order valence-corrected chi connectivity index (χ4v) is 5.67. The minimum atomic E-state index is 0.394. The number of ether oxygens (including phenoxy) is 2. The summed E-state index contributed by atoms with van der Waals surface area (Å²) in [6.07, 6.45) is 6.97. The number of halogens is 2. The van der Waals surface area contributed by atoms with E-state index in [1.54, 1.807) is 26.5 Å². The highest BCUT2D eigenvalue weighted by atomic mass is 35.5. The molecule has 0 amide bonds. The number of nitrogens with two attached hydrogens (primary N) is 1. The SMILES string of the molecule is COc1cc(OC)c(Cl)c(-c2cc3cnc(N)cc3c(N3CC4(CCCC4)C3)n2)c1Cl. The number of rotatable bonds is 4. The third kappa shape index (κ3) is 3.33. The third-order valence-electron chi connectivity index (χ3n) is 6.56. The summed E-state index contributed by atoms with van der Waals surface area (Å²) in [6.45, 7) is 2.01. The number of pyridine rings is 2. The van der Waals surface area contributed by atoms with E-state index in [4.69, 9.17) is 43.4 Å². The molecule has 2 N–H and O–H groups in total. The first-order chi connectivity index (χ1) is 14.9. The van der Waals surface area contributed by atoms with Crippen molar-refractivity contribution in [2.24, 2.45) is 5.41 Å². The van der Waals surface area contributed by atoms with Crippen LogP contribution >= 0.6 is 23.2 Å². The first kappa shape index (κ1) is 20.5. The van der Waals surface area contributed by atoms with Gasteiger partial charge >= 0.3 is 0 Å². The van der Waals surface area contributed by atoms with Gasteiger partial charge in [-0.3, -0.25) is 0 Å². The van der Waals surface area contributed by atoms with Gasteiger partial charge in [0.25, 0.3) is 0 Å². The van der Waals surface area contributed by atoms with E-state index < -0.39 is 0 Å². The Bertz CT molecular complexity index is 1140. The summed E-state index contributed by atoms with van der Waals surface area (Å²) in [7, 11) is 3.12. The lowest BCUT2D eigenvalue weighted by molar-refractivity contribution is 0.221. The zero-order chi connectivity index (χ0) is 21.8. The van der Waals surface area contributed by atoms with Crippen LogP contribution < -0.4 is 20.1 Å². The molecule has 6 nitrogen and oxygen atoms in total. The van der Waals surface area contributed by atoms with E-state index >= 15 is 0 Å². The van der Waals surface area contributed by atoms with Crippen LogP contribution in [0.25, 0.3) is 22.0 Å². The largest absolute Gasteiger partial charge is 0.495 e. The Kier molecular flexibility index (Phi) is 5.02. The van der Waals surface area contributed by atoms with Crippen molar-refractivity contribution in [3.63, 3.8) is 0 Å². The summed E-state index contributed by atoms with van der Waals surface area (Å²) in [6, 6.07) is 5.50. The van der Waals surface area contributed by atoms with Crippen LogP contribution in [0.2, 0.25) is 10.0 Å². The third-order valence-corrected chi connectivity index (χ3v) is 7.31. The van der Waals surface area contributed by atoms with Gasteiger partial charge in [0.2, 0.25) is 0 Å². The molecular formula is C23H24Cl2N4O2. The molecule has 5 rings (SSSR count). The number of fused-ring (bicyclic) bond motifs is 1. The van der Waals surface area contributed by atoms with Crippen molar-refractivity contribution in [2.75, 3.05) is 37.9 Å². The Morgan fingerprint density at radius 2 is 1.65 bits per heavy atom. The topological polar surface area (TPSA) is 73.5 Å². The smallest absolute Gasteiger partial charge is 0.141 e. The van der Waals surface area contributed by atoms with Gasteiger partial charge in [-0.2, -0.15) is 0 Å². The minimum Gasteiger partial charge on any atom is -0.495 e. The molecule has 1 saturated heterocycles. The van der Waals surface area contributed by atoms with Gasteiger partial charge in [-0.15, -0.1) is 0 Å². The Morgan fingerprint density at radius 1 is 1.00 bits per heavy atom. The van der Waals surface area contributed by atoms with Gasteiger partial charge in [0, 0.05) is 47.1 Å². The summed E-state index contributed by atoms with van der Waals surface area (Å²) in [5, 5.41) is 2.69. The van der Waals surface area contributed by atoms with Crippen molar-refractivity contribution in [1.82, 2.24) is 9.97 Å². The Morgan fingerprint density at radius 3 is 2.26 bits per heavy atom. The van der Waals surface area contributed by atoms with Crippen molar-refractivity contribution in [3.05, 3.63) is 34.4 Å². The molecule has 1 aliphatic heterocycles. The predicted molar refractivity (Wildman–Crippen MR) is 126 cm³/mol. The molecule has 162 valence electrons. The first-order valence-electron chi connectivity index (χ1n) is 10.4. The zero-order valence-electron chi connectivity index (χ0n) is 17.5. The molecule has 0 radical (unpaired) electrons. The van der Waals surface area contributed by atoms with Gasteiger partial charge in [-0.25, -0.2) is 9.97 Å². The van der Waals surface area contributed by atoms with E-state index in [2.05, 4.69) is 9.88 Å². The number of nitrogens with zero attached hydrogens (tertiary/aromatic N) is 3. The lowest BCUT2D eigenvalue weighted by Gasteiger charge is -2.49.